The number of hydrogen-bond acceptors (Lipinski definition) is 3. The predicted molar refractivity (Wildman–Crippen MR) is 127 cm³/mol. The molecular weight excluding hydrogens is 411 g/mol. The molecule has 5 aromatic rings. The molecule has 0 saturated heterocycles. The minimum absolute atomic E-state index is 0.111. The van der Waals surface area contributed by atoms with Crippen LogP contribution in [0.15, 0.2) is 60.7 Å². The van der Waals surface area contributed by atoms with Crippen molar-refractivity contribution in [2.45, 2.75) is 19.8 Å². The van der Waals surface area contributed by atoms with Crippen LogP contribution in [0.3, 0.4) is 0 Å². The summed E-state index contributed by atoms with van der Waals surface area (Å²) in [5.41, 5.74) is 6.40. The molecule has 0 spiro atoms. The average Bonchev–Trinajstić information content (AvgIpc) is 3.31. The number of thiophene rings is 2. The van der Waals surface area contributed by atoms with Crippen molar-refractivity contribution < 1.29 is 9.13 Å². The lowest BCUT2D eigenvalue weighted by molar-refractivity contribution is 0.340. The molecule has 30 heavy (non-hydrogen) atoms. The van der Waals surface area contributed by atoms with E-state index in [1.807, 2.05) is 18.3 Å². The highest BCUT2D eigenvalue weighted by atomic mass is 32.1. The Morgan fingerprint density at radius 1 is 0.767 bits per heavy atom. The van der Waals surface area contributed by atoms with Gasteiger partial charge in [0.15, 0.2) is 5.13 Å². The zero-order valence-electron chi connectivity index (χ0n) is 16.5. The third kappa shape index (κ3) is 2.78. The molecule has 0 N–H and O–H groups in total. The van der Waals surface area contributed by atoms with Crippen LogP contribution in [0.25, 0.3) is 42.4 Å². The van der Waals surface area contributed by atoms with Gasteiger partial charge in [0.05, 0.1) is 6.61 Å². The van der Waals surface area contributed by atoms with Gasteiger partial charge in [-0.25, -0.2) is 0 Å². The zero-order chi connectivity index (χ0) is 20.2. The van der Waals surface area contributed by atoms with Crippen molar-refractivity contribution in [1.29, 1.82) is 0 Å². The van der Waals surface area contributed by atoms with Gasteiger partial charge in [0.2, 0.25) is 0 Å². The van der Waals surface area contributed by atoms with E-state index in [1.54, 1.807) is 6.07 Å². The predicted octanol–water partition coefficient (Wildman–Crippen LogP) is 8.09. The van der Waals surface area contributed by atoms with E-state index in [-0.39, 0.29) is 5.13 Å². The van der Waals surface area contributed by atoms with Crippen LogP contribution in [0, 0.1) is 5.13 Å². The smallest absolute Gasteiger partial charge is 0.177 e. The average molecular weight is 431 g/mol. The zero-order valence-corrected chi connectivity index (χ0v) is 18.1. The highest BCUT2D eigenvalue weighted by Gasteiger charge is 2.28. The topological polar surface area (TPSA) is 9.23 Å². The molecule has 3 aromatic carbocycles. The molecule has 0 amide bonds. The summed E-state index contributed by atoms with van der Waals surface area (Å²) >= 11 is 3.11. The summed E-state index contributed by atoms with van der Waals surface area (Å²) in [6.45, 7) is 2.70. The van der Waals surface area contributed by atoms with Crippen molar-refractivity contribution in [3.63, 3.8) is 0 Å². The van der Waals surface area contributed by atoms with Crippen LogP contribution in [-0.2, 0) is 12.8 Å². The Balaban J connectivity index is 1.30. The highest BCUT2D eigenvalue weighted by Crippen LogP contribution is 2.55. The number of aryl methyl sites for hydroxylation is 2. The first kappa shape index (κ1) is 18.1. The minimum Gasteiger partial charge on any atom is -0.494 e. The first-order valence-electron chi connectivity index (χ1n) is 10.2. The van der Waals surface area contributed by atoms with E-state index < -0.39 is 0 Å². The second-order valence-electron chi connectivity index (χ2n) is 7.64. The molecule has 1 aliphatic carbocycles. The fourth-order valence-corrected chi connectivity index (χ4v) is 6.35. The molecular formula is C26H19FOS2. The Morgan fingerprint density at radius 3 is 2.13 bits per heavy atom. The molecule has 0 fully saturated rings. The quantitative estimate of drug-likeness (QED) is 0.268. The maximum absolute atomic E-state index is 13.8. The van der Waals surface area contributed by atoms with Crippen LogP contribution >= 0.6 is 22.7 Å². The van der Waals surface area contributed by atoms with E-state index in [9.17, 15) is 4.39 Å². The van der Waals surface area contributed by atoms with Gasteiger partial charge < -0.3 is 4.74 Å². The summed E-state index contributed by atoms with van der Waals surface area (Å²) < 4.78 is 21.7. The molecule has 1 aliphatic rings. The summed E-state index contributed by atoms with van der Waals surface area (Å²) in [6.07, 6.45) is 2.05. The Kier molecular flexibility index (Phi) is 4.18. The molecule has 2 heterocycles. The lowest BCUT2D eigenvalue weighted by atomic mass is 9.77. The van der Waals surface area contributed by atoms with E-state index in [0.29, 0.717) is 6.61 Å². The molecule has 0 atom stereocenters. The molecule has 0 aliphatic heterocycles. The molecule has 0 saturated carbocycles. The van der Waals surface area contributed by atoms with Crippen molar-refractivity contribution in [3.05, 3.63) is 76.2 Å². The summed E-state index contributed by atoms with van der Waals surface area (Å²) in [7, 11) is 0. The molecule has 1 nitrogen and oxygen atoms in total. The molecule has 148 valence electrons. The Morgan fingerprint density at radius 2 is 1.43 bits per heavy atom. The third-order valence-corrected chi connectivity index (χ3v) is 7.90. The van der Waals surface area contributed by atoms with Gasteiger partial charge in [0, 0.05) is 25.0 Å². The first-order valence-corrected chi connectivity index (χ1v) is 11.8. The van der Waals surface area contributed by atoms with Gasteiger partial charge in [-0.05, 0) is 84.0 Å². The van der Waals surface area contributed by atoms with Gasteiger partial charge in [-0.15, -0.1) is 22.7 Å². The summed E-state index contributed by atoms with van der Waals surface area (Å²) in [5.74, 6) is 0.931. The van der Waals surface area contributed by atoms with Crippen LogP contribution in [0.5, 0.6) is 5.75 Å². The standard InChI is InChI=1S/C26H19FOS2/c1-2-28-16-6-3-15(4-7-16)5-8-17-13-20-22(29-17)11-9-18-25(20)19-10-12-23-21(26(18)19)14-24(27)30-23/h3-4,6-7,9-14H,2,5,8H2,1H3. The van der Waals surface area contributed by atoms with Crippen LogP contribution in [0.4, 0.5) is 4.39 Å². The van der Waals surface area contributed by atoms with Crippen molar-refractivity contribution in [2.75, 3.05) is 6.61 Å². The number of hydrogen-bond donors (Lipinski definition) is 0. The van der Waals surface area contributed by atoms with Crippen LogP contribution in [0.1, 0.15) is 17.4 Å². The second kappa shape index (κ2) is 6.93. The van der Waals surface area contributed by atoms with Crippen LogP contribution in [-0.4, -0.2) is 6.61 Å². The van der Waals surface area contributed by atoms with Gasteiger partial charge in [0.25, 0.3) is 0 Å². The minimum atomic E-state index is -0.111. The fourth-order valence-electron chi connectivity index (χ4n) is 4.49. The van der Waals surface area contributed by atoms with E-state index >= 15 is 0 Å². The fraction of sp³-hybridized carbons (Fsp3) is 0.154. The van der Waals surface area contributed by atoms with Gasteiger partial charge >= 0.3 is 0 Å². The maximum Gasteiger partial charge on any atom is 0.177 e. The molecule has 0 radical (unpaired) electrons. The number of rotatable bonds is 5. The molecule has 6 rings (SSSR count). The summed E-state index contributed by atoms with van der Waals surface area (Å²) in [5, 5.41) is 2.27. The third-order valence-electron chi connectivity index (χ3n) is 5.86. The van der Waals surface area contributed by atoms with Crippen molar-refractivity contribution in [3.8, 4) is 28.0 Å². The lowest BCUT2D eigenvalue weighted by Crippen LogP contribution is -1.99. The van der Waals surface area contributed by atoms with Crippen LogP contribution < -0.4 is 4.74 Å². The number of fused-ring (bicyclic) bond motifs is 8. The Hall–Kier alpha value is -2.69. The van der Waals surface area contributed by atoms with Crippen molar-refractivity contribution >= 4 is 42.8 Å². The molecule has 0 bridgehead atoms. The number of ether oxygens (including phenoxy) is 1. The second-order valence-corrected chi connectivity index (χ2v) is 9.84. The lowest BCUT2D eigenvalue weighted by Gasteiger charge is -2.25. The normalized spacial score (nSPS) is 12.1. The van der Waals surface area contributed by atoms with Gasteiger partial charge in [0.1, 0.15) is 5.75 Å². The van der Waals surface area contributed by atoms with Gasteiger partial charge in [-0.1, -0.05) is 24.3 Å². The SMILES string of the molecule is CCOc1ccc(CCc2cc3c4c(ccc3s2)-c2c-4ccc3sc(F)cc23)cc1. The summed E-state index contributed by atoms with van der Waals surface area (Å²) in [4.78, 5) is 1.41. The van der Waals surface area contributed by atoms with E-state index in [0.717, 1.165) is 28.7 Å². The molecule has 2 aromatic heterocycles. The van der Waals surface area contributed by atoms with E-state index in [2.05, 4.69) is 54.6 Å². The Labute approximate surface area is 182 Å². The highest BCUT2D eigenvalue weighted by molar-refractivity contribution is 7.19. The van der Waals surface area contributed by atoms with E-state index in [1.165, 1.54) is 54.1 Å². The molecule has 0 unspecified atom stereocenters. The van der Waals surface area contributed by atoms with Crippen LogP contribution in [0.2, 0.25) is 0 Å². The molecule has 4 heteroatoms. The Bertz CT molecular complexity index is 1410. The number of halogens is 1. The largest absolute Gasteiger partial charge is 0.494 e. The monoisotopic (exact) mass is 430 g/mol. The number of benzene rings is 3. The summed E-state index contributed by atoms with van der Waals surface area (Å²) in [6, 6.07) is 21.1. The van der Waals surface area contributed by atoms with E-state index in [4.69, 9.17) is 4.74 Å². The van der Waals surface area contributed by atoms with Crippen molar-refractivity contribution in [2.24, 2.45) is 0 Å². The van der Waals surface area contributed by atoms with Gasteiger partial charge in [-0.3, -0.25) is 0 Å². The maximum atomic E-state index is 13.8. The first-order chi connectivity index (χ1) is 14.7. The van der Waals surface area contributed by atoms with Gasteiger partial charge in [-0.2, -0.15) is 4.39 Å². The van der Waals surface area contributed by atoms with Crippen molar-refractivity contribution in [1.82, 2.24) is 0 Å².